The van der Waals surface area contributed by atoms with E-state index in [0.717, 1.165) is 18.4 Å². The number of hydrogen-bond donors (Lipinski definition) is 1. The minimum Gasteiger partial charge on any atom is -0.453 e. The van der Waals surface area contributed by atoms with Crippen molar-refractivity contribution < 1.29 is 19.1 Å². The molecule has 1 N–H and O–H groups in total. The third-order valence-electron chi connectivity index (χ3n) is 5.71. The lowest BCUT2D eigenvalue weighted by Gasteiger charge is -2.37. The normalized spacial score (nSPS) is 20.4. The number of piperidine rings is 1. The molecule has 1 aromatic rings. The molecule has 2 aliphatic rings. The number of ether oxygens (including phenoxy) is 2. The van der Waals surface area contributed by atoms with E-state index in [1.54, 1.807) is 4.90 Å². The second-order valence-electron chi connectivity index (χ2n) is 7.17. The fourth-order valence-electron chi connectivity index (χ4n) is 3.98. The molecule has 0 radical (unpaired) electrons. The zero-order valence-corrected chi connectivity index (χ0v) is 15.4. The van der Waals surface area contributed by atoms with Gasteiger partial charge in [-0.25, -0.2) is 4.79 Å². The number of hydrogen-bond acceptors (Lipinski definition) is 4. The van der Waals surface area contributed by atoms with Crippen LogP contribution in [0.25, 0.3) is 0 Å². The minimum atomic E-state index is -0.494. The van der Waals surface area contributed by atoms with Gasteiger partial charge in [-0.2, -0.15) is 0 Å². The van der Waals surface area contributed by atoms with Crippen molar-refractivity contribution in [2.24, 2.45) is 5.92 Å². The van der Waals surface area contributed by atoms with E-state index in [1.165, 1.54) is 7.11 Å². The number of likely N-dealkylation sites (tertiary alicyclic amines) is 1. The molecule has 142 valence electrons. The monoisotopic (exact) mass is 360 g/mol. The molecule has 26 heavy (non-hydrogen) atoms. The topological polar surface area (TPSA) is 67.9 Å². The quantitative estimate of drug-likeness (QED) is 0.895. The van der Waals surface area contributed by atoms with Crippen LogP contribution in [0.15, 0.2) is 30.3 Å². The Labute approximate surface area is 154 Å². The van der Waals surface area contributed by atoms with E-state index in [1.807, 2.05) is 30.3 Å². The Morgan fingerprint density at radius 1 is 1.19 bits per heavy atom. The molecule has 2 amide bonds. The molecular formula is C20H28N2O4. The zero-order chi connectivity index (χ0) is 18.4. The number of benzene rings is 1. The minimum absolute atomic E-state index is 0.0994. The summed E-state index contributed by atoms with van der Waals surface area (Å²) < 4.78 is 10.3. The highest BCUT2D eigenvalue weighted by Gasteiger charge is 2.41. The van der Waals surface area contributed by atoms with E-state index in [2.05, 4.69) is 5.32 Å². The van der Waals surface area contributed by atoms with E-state index >= 15 is 0 Å². The third-order valence-corrected chi connectivity index (χ3v) is 5.71. The van der Waals surface area contributed by atoms with Gasteiger partial charge in [0.05, 0.1) is 12.5 Å². The molecule has 0 atom stereocenters. The number of rotatable bonds is 4. The van der Waals surface area contributed by atoms with Crippen molar-refractivity contribution in [3.63, 3.8) is 0 Å². The summed E-state index contributed by atoms with van der Waals surface area (Å²) in [6.45, 7) is 3.25. The van der Waals surface area contributed by atoms with Crippen molar-refractivity contribution in [3.05, 3.63) is 35.9 Å². The van der Waals surface area contributed by atoms with Crippen LogP contribution >= 0.6 is 0 Å². The second kappa shape index (κ2) is 8.54. The molecule has 0 spiro atoms. The molecule has 6 nitrogen and oxygen atoms in total. The van der Waals surface area contributed by atoms with E-state index in [9.17, 15) is 9.59 Å². The molecule has 1 aromatic carbocycles. The molecule has 0 aliphatic carbocycles. The predicted octanol–water partition coefficient (Wildman–Crippen LogP) is 2.33. The average Bonchev–Trinajstić information content (AvgIpc) is 2.73. The van der Waals surface area contributed by atoms with Crippen molar-refractivity contribution in [3.8, 4) is 0 Å². The first-order valence-electron chi connectivity index (χ1n) is 9.40. The number of nitrogens with one attached hydrogen (secondary N) is 1. The lowest BCUT2D eigenvalue weighted by atomic mass is 9.73. The van der Waals surface area contributed by atoms with Gasteiger partial charge in [0.1, 0.15) is 0 Å². The van der Waals surface area contributed by atoms with Crippen LogP contribution in [0.1, 0.15) is 31.2 Å². The average molecular weight is 360 g/mol. The molecule has 0 bridgehead atoms. The Kier molecular flexibility index (Phi) is 6.14. The van der Waals surface area contributed by atoms with Gasteiger partial charge in [-0.05, 0) is 37.2 Å². The Hall–Kier alpha value is -2.08. The van der Waals surface area contributed by atoms with Gasteiger partial charge in [0.15, 0.2) is 0 Å². The van der Waals surface area contributed by atoms with Crippen LogP contribution in [-0.4, -0.2) is 56.9 Å². The highest BCUT2D eigenvalue weighted by atomic mass is 16.5. The van der Waals surface area contributed by atoms with Crippen molar-refractivity contribution >= 4 is 12.0 Å². The van der Waals surface area contributed by atoms with E-state index in [0.29, 0.717) is 51.6 Å². The van der Waals surface area contributed by atoms with Crippen LogP contribution in [0, 0.1) is 5.92 Å². The Morgan fingerprint density at radius 2 is 1.85 bits per heavy atom. The van der Waals surface area contributed by atoms with Gasteiger partial charge in [0.25, 0.3) is 0 Å². The first-order chi connectivity index (χ1) is 12.7. The first-order valence-corrected chi connectivity index (χ1v) is 9.40. The molecule has 0 unspecified atom stereocenters. The molecule has 2 fully saturated rings. The SMILES string of the molecule is COC(=O)N1CCC(CNC(=O)C2(c3ccccc3)CCOCC2)CC1. The van der Waals surface area contributed by atoms with Crippen LogP contribution in [0.5, 0.6) is 0 Å². The van der Waals surface area contributed by atoms with Gasteiger partial charge in [0, 0.05) is 32.8 Å². The van der Waals surface area contributed by atoms with Crippen LogP contribution in [0.3, 0.4) is 0 Å². The van der Waals surface area contributed by atoms with Crippen molar-refractivity contribution in [1.82, 2.24) is 10.2 Å². The fraction of sp³-hybridized carbons (Fsp3) is 0.600. The van der Waals surface area contributed by atoms with Crippen LogP contribution < -0.4 is 5.32 Å². The second-order valence-corrected chi connectivity index (χ2v) is 7.17. The van der Waals surface area contributed by atoms with Crippen LogP contribution in [0.4, 0.5) is 4.79 Å². The molecule has 6 heteroatoms. The summed E-state index contributed by atoms with van der Waals surface area (Å²) in [6.07, 6.45) is 2.93. The van der Waals surface area contributed by atoms with Crippen molar-refractivity contribution in [2.75, 3.05) is 40.0 Å². The Morgan fingerprint density at radius 3 is 2.46 bits per heavy atom. The molecule has 0 aromatic heterocycles. The molecule has 2 heterocycles. The Balaban J connectivity index is 1.58. The summed E-state index contributed by atoms with van der Waals surface area (Å²) >= 11 is 0. The lowest BCUT2D eigenvalue weighted by molar-refractivity contribution is -0.130. The van der Waals surface area contributed by atoms with Crippen LogP contribution in [-0.2, 0) is 19.7 Å². The summed E-state index contributed by atoms with van der Waals surface area (Å²) in [4.78, 5) is 26.4. The van der Waals surface area contributed by atoms with Gasteiger partial charge in [-0.15, -0.1) is 0 Å². The molecule has 3 rings (SSSR count). The number of methoxy groups -OCH3 is 1. The molecular weight excluding hydrogens is 332 g/mol. The maximum absolute atomic E-state index is 13.1. The van der Waals surface area contributed by atoms with E-state index in [4.69, 9.17) is 9.47 Å². The molecule has 2 saturated heterocycles. The summed E-state index contributed by atoms with van der Waals surface area (Å²) in [7, 11) is 1.41. The largest absolute Gasteiger partial charge is 0.453 e. The number of carbonyl (C=O) groups excluding carboxylic acids is 2. The van der Waals surface area contributed by atoms with Gasteiger partial charge in [-0.1, -0.05) is 30.3 Å². The van der Waals surface area contributed by atoms with Gasteiger partial charge >= 0.3 is 6.09 Å². The van der Waals surface area contributed by atoms with E-state index in [-0.39, 0.29) is 12.0 Å². The fourth-order valence-corrected chi connectivity index (χ4v) is 3.98. The molecule has 0 saturated carbocycles. The first kappa shape index (κ1) is 18.7. The number of nitrogens with zero attached hydrogens (tertiary/aromatic N) is 1. The van der Waals surface area contributed by atoms with Crippen molar-refractivity contribution in [2.45, 2.75) is 31.1 Å². The summed E-state index contributed by atoms with van der Waals surface area (Å²) in [5.41, 5.74) is 0.577. The maximum atomic E-state index is 13.1. The van der Waals surface area contributed by atoms with E-state index < -0.39 is 5.41 Å². The van der Waals surface area contributed by atoms with Crippen molar-refractivity contribution in [1.29, 1.82) is 0 Å². The number of amides is 2. The summed E-state index contributed by atoms with van der Waals surface area (Å²) in [6, 6.07) is 10.0. The van der Waals surface area contributed by atoms with Gasteiger partial charge < -0.3 is 19.7 Å². The summed E-state index contributed by atoms with van der Waals surface area (Å²) in [5, 5.41) is 3.19. The standard InChI is InChI=1S/C20H28N2O4/c1-25-19(24)22-11-7-16(8-12-22)15-21-18(23)20(9-13-26-14-10-20)17-5-3-2-4-6-17/h2-6,16H,7-15H2,1H3,(H,21,23). The smallest absolute Gasteiger partial charge is 0.409 e. The third kappa shape index (κ3) is 4.01. The highest BCUT2D eigenvalue weighted by molar-refractivity contribution is 5.88. The highest BCUT2D eigenvalue weighted by Crippen LogP contribution is 2.35. The maximum Gasteiger partial charge on any atom is 0.409 e. The van der Waals surface area contributed by atoms with Gasteiger partial charge in [0.2, 0.25) is 5.91 Å². The molecule has 2 aliphatic heterocycles. The number of carbonyl (C=O) groups is 2. The lowest BCUT2D eigenvalue weighted by Crippen LogP contribution is -2.50. The summed E-state index contributed by atoms with van der Waals surface area (Å²) in [5.74, 6) is 0.495. The predicted molar refractivity (Wildman–Crippen MR) is 97.9 cm³/mol. The zero-order valence-electron chi connectivity index (χ0n) is 15.4. The van der Waals surface area contributed by atoms with Crippen LogP contribution in [0.2, 0.25) is 0 Å². The van der Waals surface area contributed by atoms with Gasteiger partial charge in [-0.3, -0.25) is 4.79 Å². The Bertz CT molecular complexity index is 605.